The van der Waals surface area contributed by atoms with E-state index < -0.39 is 0 Å². The van der Waals surface area contributed by atoms with Crippen LogP contribution in [-0.4, -0.2) is 19.5 Å². The van der Waals surface area contributed by atoms with Gasteiger partial charge in [-0.1, -0.05) is 26.8 Å². The summed E-state index contributed by atoms with van der Waals surface area (Å²) in [6.45, 7) is 6.27. The summed E-state index contributed by atoms with van der Waals surface area (Å²) in [6.07, 6.45) is 4.39. The number of carbonyl (C=O) groups excluding carboxylic acids is 1. The Morgan fingerprint density at radius 3 is 2.17 bits per heavy atom. The quantitative estimate of drug-likeness (QED) is 0.466. The van der Waals surface area contributed by atoms with Crippen LogP contribution in [0.4, 0.5) is 0 Å². The molecule has 0 aliphatic rings. The summed E-state index contributed by atoms with van der Waals surface area (Å²) in [4.78, 5) is 10.1. The van der Waals surface area contributed by atoms with Gasteiger partial charge in [-0.2, -0.15) is 0 Å². The van der Waals surface area contributed by atoms with E-state index in [9.17, 15) is 4.79 Å². The minimum absolute atomic E-state index is 0.196. The number of rotatable bonds is 5. The maximum Gasteiger partial charge on any atom is 0.142 e. The van der Waals surface area contributed by atoms with E-state index in [-0.39, 0.29) is 6.10 Å². The molecule has 0 N–H and O–H groups in total. The number of hydrogen-bond donors (Lipinski definition) is 0. The SMILES string of the molecule is COC(C(C)C)C(C)C=CC=O. The summed E-state index contributed by atoms with van der Waals surface area (Å²) < 4.78 is 5.30. The molecule has 0 saturated heterocycles. The summed E-state index contributed by atoms with van der Waals surface area (Å²) >= 11 is 0. The van der Waals surface area contributed by atoms with Gasteiger partial charge in [-0.3, -0.25) is 4.79 Å². The van der Waals surface area contributed by atoms with Gasteiger partial charge in [0, 0.05) is 13.0 Å². The van der Waals surface area contributed by atoms with Crippen LogP contribution >= 0.6 is 0 Å². The molecule has 0 amide bonds. The van der Waals surface area contributed by atoms with Crippen LogP contribution < -0.4 is 0 Å². The predicted octanol–water partition coefficient (Wildman–Crippen LogP) is 2.05. The lowest BCUT2D eigenvalue weighted by molar-refractivity contribution is -0.104. The number of ether oxygens (including phenoxy) is 1. The lowest BCUT2D eigenvalue weighted by atomic mass is 9.94. The molecule has 0 bridgehead atoms. The van der Waals surface area contributed by atoms with Crippen molar-refractivity contribution in [2.24, 2.45) is 11.8 Å². The summed E-state index contributed by atoms with van der Waals surface area (Å²) in [5, 5.41) is 0. The normalized spacial score (nSPS) is 16.8. The summed E-state index contributed by atoms with van der Waals surface area (Å²) in [6, 6.07) is 0. The fourth-order valence-electron chi connectivity index (χ4n) is 1.42. The lowest BCUT2D eigenvalue weighted by Gasteiger charge is -2.23. The topological polar surface area (TPSA) is 26.3 Å². The number of hydrogen-bond acceptors (Lipinski definition) is 2. The van der Waals surface area contributed by atoms with Gasteiger partial charge in [0.25, 0.3) is 0 Å². The molecule has 0 spiro atoms. The molecule has 12 heavy (non-hydrogen) atoms. The van der Waals surface area contributed by atoms with Gasteiger partial charge < -0.3 is 4.74 Å². The van der Waals surface area contributed by atoms with Crippen molar-refractivity contribution in [3.05, 3.63) is 12.2 Å². The molecule has 0 saturated carbocycles. The van der Waals surface area contributed by atoms with Crippen LogP contribution in [-0.2, 0) is 9.53 Å². The maximum absolute atomic E-state index is 10.1. The Balaban J connectivity index is 4.10. The van der Waals surface area contributed by atoms with E-state index in [4.69, 9.17) is 4.74 Å². The summed E-state index contributed by atoms with van der Waals surface area (Å²) in [7, 11) is 1.70. The smallest absolute Gasteiger partial charge is 0.142 e. The molecule has 2 heteroatoms. The monoisotopic (exact) mass is 170 g/mol. The van der Waals surface area contributed by atoms with Crippen molar-refractivity contribution in [3.8, 4) is 0 Å². The largest absolute Gasteiger partial charge is 0.381 e. The zero-order chi connectivity index (χ0) is 9.56. The molecule has 2 unspecified atom stereocenters. The van der Waals surface area contributed by atoms with Crippen LogP contribution in [0, 0.1) is 11.8 Å². The van der Waals surface area contributed by atoms with Gasteiger partial charge in [0.1, 0.15) is 6.29 Å². The van der Waals surface area contributed by atoms with E-state index in [2.05, 4.69) is 13.8 Å². The molecule has 0 heterocycles. The lowest BCUT2D eigenvalue weighted by Crippen LogP contribution is -2.24. The Morgan fingerprint density at radius 1 is 1.25 bits per heavy atom. The molecule has 2 nitrogen and oxygen atoms in total. The molecule has 0 fully saturated rings. The molecule has 0 aromatic rings. The van der Waals surface area contributed by atoms with E-state index in [1.807, 2.05) is 13.0 Å². The van der Waals surface area contributed by atoms with Crippen LogP contribution in [0.15, 0.2) is 12.2 Å². The maximum atomic E-state index is 10.1. The van der Waals surface area contributed by atoms with Crippen LogP contribution in [0.25, 0.3) is 0 Å². The number of aldehydes is 1. The zero-order valence-corrected chi connectivity index (χ0v) is 8.28. The van der Waals surface area contributed by atoms with E-state index >= 15 is 0 Å². The Labute approximate surface area is 74.6 Å². The van der Waals surface area contributed by atoms with Crippen molar-refractivity contribution >= 4 is 6.29 Å². The fourth-order valence-corrected chi connectivity index (χ4v) is 1.42. The van der Waals surface area contributed by atoms with Gasteiger partial charge in [-0.15, -0.1) is 0 Å². The van der Waals surface area contributed by atoms with Crippen molar-refractivity contribution in [2.75, 3.05) is 7.11 Å². The summed E-state index contributed by atoms with van der Waals surface area (Å²) in [5.41, 5.74) is 0. The minimum atomic E-state index is 0.196. The van der Waals surface area contributed by atoms with Gasteiger partial charge in [0.2, 0.25) is 0 Å². The molecule has 0 aliphatic carbocycles. The van der Waals surface area contributed by atoms with Gasteiger partial charge in [-0.05, 0) is 12.0 Å². The van der Waals surface area contributed by atoms with Crippen molar-refractivity contribution in [1.29, 1.82) is 0 Å². The Morgan fingerprint density at radius 2 is 1.83 bits per heavy atom. The van der Waals surface area contributed by atoms with E-state index in [0.717, 1.165) is 6.29 Å². The molecule has 0 radical (unpaired) electrons. The van der Waals surface area contributed by atoms with E-state index in [1.165, 1.54) is 6.08 Å². The minimum Gasteiger partial charge on any atom is -0.381 e. The van der Waals surface area contributed by atoms with Crippen LogP contribution in [0.5, 0.6) is 0 Å². The average molecular weight is 170 g/mol. The zero-order valence-electron chi connectivity index (χ0n) is 8.28. The predicted molar refractivity (Wildman–Crippen MR) is 50.0 cm³/mol. The average Bonchev–Trinajstić information content (AvgIpc) is 2.01. The second-order valence-electron chi connectivity index (χ2n) is 3.32. The second-order valence-corrected chi connectivity index (χ2v) is 3.32. The Hall–Kier alpha value is -0.630. The number of allylic oxidation sites excluding steroid dienone is 1. The second kappa shape index (κ2) is 5.95. The highest BCUT2D eigenvalue weighted by Crippen LogP contribution is 2.16. The van der Waals surface area contributed by atoms with Crippen molar-refractivity contribution in [2.45, 2.75) is 26.9 Å². The first-order valence-corrected chi connectivity index (χ1v) is 4.28. The third-order valence-corrected chi connectivity index (χ3v) is 1.94. The van der Waals surface area contributed by atoms with Gasteiger partial charge >= 0.3 is 0 Å². The third kappa shape index (κ3) is 3.67. The highest BCUT2D eigenvalue weighted by molar-refractivity contribution is 5.64. The molecular formula is C10H18O2. The van der Waals surface area contributed by atoms with Crippen LogP contribution in [0.2, 0.25) is 0 Å². The number of carbonyl (C=O) groups is 1. The highest BCUT2D eigenvalue weighted by Gasteiger charge is 2.17. The first-order valence-electron chi connectivity index (χ1n) is 4.28. The molecule has 0 aromatic heterocycles. The van der Waals surface area contributed by atoms with E-state index in [1.54, 1.807) is 7.11 Å². The van der Waals surface area contributed by atoms with Crippen molar-refractivity contribution < 1.29 is 9.53 Å². The first kappa shape index (κ1) is 11.4. The number of methoxy groups -OCH3 is 1. The molecule has 0 aliphatic heterocycles. The van der Waals surface area contributed by atoms with Crippen LogP contribution in [0.1, 0.15) is 20.8 Å². The van der Waals surface area contributed by atoms with Gasteiger partial charge in [0.15, 0.2) is 0 Å². The molecule has 2 atom stereocenters. The molecule has 70 valence electrons. The van der Waals surface area contributed by atoms with Crippen molar-refractivity contribution in [1.82, 2.24) is 0 Å². The molecule has 0 rings (SSSR count). The Bertz CT molecular complexity index is 150. The van der Waals surface area contributed by atoms with Gasteiger partial charge in [-0.25, -0.2) is 0 Å². The van der Waals surface area contributed by atoms with Crippen LogP contribution in [0.3, 0.4) is 0 Å². The Kier molecular flexibility index (Phi) is 5.64. The van der Waals surface area contributed by atoms with Crippen molar-refractivity contribution in [3.63, 3.8) is 0 Å². The highest BCUT2D eigenvalue weighted by atomic mass is 16.5. The van der Waals surface area contributed by atoms with Gasteiger partial charge in [0.05, 0.1) is 6.10 Å². The molecule has 0 aromatic carbocycles. The summed E-state index contributed by atoms with van der Waals surface area (Å²) in [5.74, 6) is 0.765. The van der Waals surface area contributed by atoms with E-state index in [0.29, 0.717) is 11.8 Å². The standard InChI is InChI=1S/C10H18O2/c1-8(2)10(12-4)9(3)6-5-7-11/h5-10H,1-4H3. The fraction of sp³-hybridized carbons (Fsp3) is 0.700. The first-order chi connectivity index (χ1) is 5.63. The third-order valence-electron chi connectivity index (χ3n) is 1.94. The molecular weight excluding hydrogens is 152 g/mol.